The highest BCUT2D eigenvalue weighted by Crippen LogP contribution is 2.25. The zero-order valence-corrected chi connectivity index (χ0v) is 11.7. The Kier molecular flexibility index (Phi) is 3.34. The molecule has 6 heteroatoms. The number of hydrogen-bond acceptors (Lipinski definition) is 2. The van der Waals surface area contributed by atoms with Crippen LogP contribution in [-0.2, 0) is 0 Å². The third-order valence-corrected chi connectivity index (χ3v) is 3.52. The number of rotatable bonds is 2. The standard InChI is InChI=1S/C14H9Cl2N3O/c15-9-5-1-2-6-10(9)17-14(20)13-12(16)11-7-3-4-8-19(11)18-13/h1-8H,(H,17,20). The lowest BCUT2D eigenvalue weighted by Crippen LogP contribution is -2.13. The molecule has 1 amide bonds. The lowest BCUT2D eigenvalue weighted by Gasteiger charge is -2.04. The van der Waals surface area contributed by atoms with E-state index in [2.05, 4.69) is 10.4 Å². The molecule has 0 radical (unpaired) electrons. The zero-order chi connectivity index (χ0) is 14.1. The van der Waals surface area contributed by atoms with Gasteiger partial charge in [-0.05, 0) is 24.3 Å². The minimum atomic E-state index is -0.396. The fraction of sp³-hybridized carbons (Fsp3) is 0. The van der Waals surface area contributed by atoms with E-state index in [0.29, 0.717) is 21.2 Å². The van der Waals surface area contributed by atoms with Crippen LogP contribution < -0.4 is 5.32 Å². The van der Waals surface area contributed by atoms with Crippen LogP contribution in [0.4, 0.5) is 5.69 Å². The molecule has 2 heterocycles. The Hall–Kier alpha value is -2.04. The largest absolute Gasteiger partial charge is 0.319 e. The van der Waals surface area contributed by atoms with Crippen LogP contribution >= 0.6 is 23.2 Å². The van der Waals surface area contributed by atoms with Crippen LogP contribution in [0.15, 0.2) is 48.7 Å². The molecule has 0 aliphatic heterocycles. The van der Waals surface area contributed by atoms with E-state index in [0.717, 1.165) is 0 Å². The summed E-state index contributed by atoms with van der Waals surface area (Å²) >= 11 is 12.2. The highest BCUT2D eigenvalue weighted by atomic mass is 35.5. The minimum absolute atomic E-state index is 0.165. The molecule has 0 saturated carbocycles. The van der Waals surface area contributed by atoms with Crippen LogP contribution in [-0.4, -0.2) is 15.5 Å². The predicted molar refractivity (Wildman–Crippen MR) is 79.6 cm³/mol. The Labute approximate surface area is 124 Å². The van der Waals surface area contributed by atoms with Gasteiger partial charge in [0.05, 0.1) is 21.2 Å². The molecular weight excluding hydrogens is 297 g/mol. The predicted octanol–water partition coefficient (Wildman–Crippen LogP) is 3.89. The number of benzene rings is 1. The van der Waals surface area contributed by atoms with E-state index in [1.165, 1.54) is 0 Å². The summed E-state index contributed by atoms with van der Waals surface area (Å²) in [6, 6.07) is 12.4. The van der Waals surface area contributed by atoms with Gasteiger partial charge in [-0.25, -0.2) is 4.52 Å². The number of anilines is 1. The molecule has 3 aromatic rings. The second kappa shape index (κ2) is 5.15. The summed E-state index contributed by atoms with van der Waals surface area (Å²) in [6.07, 6.45) is 1.73. The van der Waals surface area contributed by atoms with Gasteiger partial charge in [-0.2, -0.15) is 5.10 Å². The summed E-state index contributed by atoms with van der Waals surface area (Å²) in [7, 11) is 0. The lowest BCUT2D eigenvalue weighted by atomic mass is 10.3. The van der Waals surface area contributed by atoms with Gasteiger partial charge in [-0.15, -0.1) is 0 Å². The van der Waals surface area contributed by atoms with Gasteiger partial charge in [0.2, 0.25) is 0 Å². The van der Waals surface area contributed by atoms with Crippen LogP contribution in [0.3, 0.4) is 0 Å². The smallest absolute Gasteiger partial charge is 0.277 e. The van der Waals surface area contributed by atoms with Gasteiger partial charge in [-0.1, -0.05) is 41.4 Å². The molecule has 0 aliphatic rings. The first-order chi connectivity index (χ1) is 9.66. The van der Waals surface area contributed by atoms with E-state index in [4.69, 9.17) is 23.2 Å². The van der Waals surface area contributed by atoms with E-state index >= 15 is 0 Å². The Morgan fingerprint density at radius 1 is 1.10 bits per heavy atom. The number of nitrogens with one attached hydrogen (secondary N) is 1. The molecule has 4 nitrogen and oxygen atoms in total. The van der Waals surface area contributed by atoms with Gasteiger partial charge >= 0.3 is 0 Å². The molecule has 0 bridgehead atoms. The number of para-hydroxylation sites is 1. The molecule has 1 N–H and O–H groups in total. The molecule has 0 saturated heterocycles. The number of carbonyl (C=O) groups excluding carboxylic acids is 1. The molecule has 3 rings (SSSR count). The Morgan fingerprint density at radius 3 is 2.60 bits per heavy atom. The van der Waals surface area contributed by atoms with Crippen molar-refractivity contribution in [2.24, 2.45) is 0 Å². The van der Waals surface area contributed by atoms with Gasteiger partial charge in [0.1, 0.15) is 0 Å². The SMILES string of the molecule is O=C(Nc1ccccc1Cl)c1nn2ccccc2c1Cl. The van der Waals surface area contributed by atoms with Crippen molar-refractivity contribution in [1.82, 2.24) is 9.61 Å². The van der Waals surface area contributed by atoms with E-state index < -0.39 is 5.91 Å². The van der Waals surface area contributed by atoms with Gasteiger partial charge in [0, 0.05) is 6.20 Å². The van der Waals surface area contributed by atoms with Gasteiger partial charge in [0.25, 0.3) is 5.91 Å². The fourth-order valence-corrected chi connectivity index (χ4v) is 2.31. The molecule has 0 fully saturated rings. The zero-order valence-electron chi connectivity index (χ0n) is 10.2. The highest BCUT2D eigenvalue weighted by Gasteiger charge is 2.18. The molecule has 0 aliphatic carbocycles. The van der Waals surface area contributed by atoms with Crippen molar-refractivity contribution < 1.29 is 4.79 Å². The van der Waals surface area contributed by atoms with Gasteiger partial charge in [-0.3, -0.25) is 4.79 Å². The average Bonchev–Trinajstić information content (AvgIpc) is 2.79. The Balaban J connectivity index is 1.97. The number of amides is 1. The quantitative estimate of drug-likeness (QED) is 0.780. The molecule has 0 spiro atoms. The van der Waals surface area contributed by atoms with Crippen LogP contribution in [0.25, 0.3) is 5.52 Å². The van der Waals surface area contributed by atoms with Crippen molar-refractivity contribution in [2.45, 2.75) is 0 Å². The Bertz CT molecular complexity index is 798. The van der Waals surface area contributed by atoms with Crippen molar-refractivity contribution in [2.75, 3.05) is 5.32 Å². The maximum Gasteiger partial charge on any atom is 0.277 e. The molecule has 100 valence electrons. The fourth-order valence-electron chi connectivity index (χ4n) is 1.86. The molecular formula is C14H9Cl2N3O. The monoisotopic (exact) mass is 305 g/mol. The third kappa shape index (κ3) is 2.24. The third-order valence-electron chi connectivity index (χ3n) is 2.82. The Morgan fingerprint density at radius 2 is 1.85 bits per heavy atom. The minimum Gasteiger partial charge on any atom is -0.319 e. The van der Waals surface area contributed by atoms with Crippen LogP contribution in [0.1, 0.15) is 10.5 Å². The van der Waals surface area contributed by atoms with Crippen molar-refractivity contribution in [1.29, 1.82) is 0 Å². The molecule has 1 aromatic carbocycles. The number of halogens is 2. The van der Waals surface area contributed by atoms with E-state index in [1.807, 2.05) is 12.1 Å². The van der Waals surface area contributed by atoms with Gasteiger partial charge < -0.3 is 5.32 Å². The van der Waals surface area contributed by atoms with Crippen molar-refractivity contribution >= 4 is 40.3 Å². The molecule has 0 atom stereocenters. The van der Waals surface area contributed by atoms with Crippen molar-refractivity contribution in [3.05, 3.63) is 64.4 Å². The van der Waals surface area contributed by atoms with E-state index in [-0.39, 0.29) is 5.69 Å². The first-order valence-corrected chi connectivity index (χ1v) is 6.61. The summed E-state index contributed by atoms with van der Waals surface area (Å²) in [5.41, 5.74) is 1.36. The maximum atomic E-state index is 12.2. The number of carbonyl (C=O) groups is 1. The number of aromatic nitrogens is 2. The summed E-state index contributed by atoms with van der Waals surface area (Å²) in [6.45, 7) is 0. The van der Waals surface area contributed by atoms with E-state index in [9.17, 15) is 4.79 Å². The van der Waals surface area contributed by atoms with Crippen LogP contribution in [0, 0.1) is 0 Å². The summed E-state index contributed by atoms with van der Waals surface area (Å²) in [5, 5.41) is 7.64. The summed E-state index contributed by atoms with van der Waals surface area (Å²) in [5.74, 6) is -0.396. The first-order valence-electron chi connectivity index (χ1n) is 5.85. The normalized spacial score (nSPS) is 10.7. The summed E-state index contributed by atoms with van der Waals surface area (Å²) in [4.78, 5) is 12.2. The topological polar surface area (TPSA) is 46.4 Å². The average molecular weight is 306 g/mol. The number of fused-ring (bicyclic) bond motifs is 1. The van der Waals surface area contributed by atoms with Crippen LogP contribution in [0.2, 0.25) is 10.0 Å². The molecule has 0 unspecified atom stereocenters. The van der Waals surface area contributed by atoms with E-state index in [1.54, 1.807) is 41.0 Å². The molecule has 2 aromatic heterocycles. The van der Waals surface area contributed by atoms with Crippen LogP contribution in [0.5, 0.6) is 0 Å². The lowest BCUT2D eigenvalue weighted by molar-refractivity contribution is 0.102. The number of hydrogen-bond donors (Lipinski definition) is 1. The number of pyridine rings is 1. The second-order valence-electron chi connectivity index (χ2n) is 4.13. The first kappa shape index (κ1) is 13.0. The van der Waals surface area contributed by atoms with Gasteiger partial charge in [0.15, 0.2) is 5.69 Å². The van der Waals surface area contributed by atoms with Crippen molar-refractivity contribution in [3.8, 4) is 0 Å². The number of nitrogens with zero attached hydrogens (tertiary/aromatic N) is 2. The highest BCUT2D eigenvalue weighted by molar-refractivity contribution is 6.38. The summed E-state index contributed by atoms with van der Waals surface area (Å²) < 4.78 is 1.56. The molecule has 20 heavy (non-hydrogen) atoms. The maximum absolute atomic E-state index is 12.2. The van der Waals surface area contributed by atoms with Crippen molar-refractivity contribution in [3.63, 3.8) is 0 Å². The second-order valence-corrected chi connectivity index (χ2v) is 4.91.